The van der Waals surface area contributed by atoms with Crippen LogP contribution in [-0.2, 0) is 0 Å². The van der Waals surface area contributed by atoms with Gasteiger partial charge < -0.3 is 9.97 Å². The Morgan fingerprint density at radius 3 is 2.73 bits per heavy atom. The summed E-state index contributed by atoms with van der Waals surface area (Å²) in [6.45, 7) is 5.65. The van der Waals surface area contributed by atoms with Crippen molar-refractivity contribution in [2.75, 3.05) is 0 Å². The molecule has 0 atom stereocenters. The number of ketones is 1. The van der Waals surface area contributed by atoms with Crippen molar-refractivity contribution in [3.05, 3.63) is 47.9 Å². The molecule has 4 aromatic rings. The molecule has 6 heteroatoms. The van der Waals surface area contributed by atoms with Crippen molar-refractivity contribution in [2.24, 2.45) is 5.41 Å². The van der Waals surface area contributed by atoms with Crippen molar-refractivity contribution < 1.29 is 4.79 Å². The molecule has 4 rings (SSSR count). The van der Waals surface area contributed by atoms with E-state index in [-0.39, 0.29) is 5.78 Å². The molecule has 3 heterocycles. The number of nitriles is 1. The Kier molecular flexibility index (Phi) is 3.41. The quantitative estimate of drug-likeness (QED) is 0.533. The molecule has 6 nitrogen and oxygen atoms in total. The minimum atomic E-state index is -0.505. The fraction of sp³-hybridized carbons (Fsp3) is 0.200. The molecule has 128 valence electrons. The first-order valence-electron chi connectivity index (χ1n) is 8.29. The molecule has 26 heavy (non-hydrogen) atoms. The second-order valence-electron chi connectivity index (χ2n) is 7.31. The molecular formula is C20H17N5O. The van der Waals surface area contributed by atoms with Crippen LogP contribution >= 0.6 is 0 Å². The zero-order chi connectivity index (χ0) is 18.5. The highest BCUT2D eigenvalue weighted by molar-refractivity contribution is 6.08. The topological polar surface area (TPSA) is 98.2 Å². The molecule has 0 bridgehead atoms. The molecule has 0 aliphatic rings. The van der Waals surface area contributed by atoms with E-state index in [4.69, 9.17) is 10.2 Å². The normalized spacial score (nSPS) is 11.8. The summed E-state index contributed by atoms with van der Waals surface area (Å²) in [4.78, 5) is 28.0. The van der Waals surface area contributed by atoms with Gasteiger partial charge in [-0.15, -0.1) is 0 Å². The fourth-order valence-electron chi connectivity index (χ4n) is 3.00. The molecule has 0 aliphatic carbocycles. The van der Waals surface area contributed by atoms with Crippen LogP contribution in [0.15, 0.2) is 36.8 Å². The van der Waals surface area contributed by atoms with Gasteiger partial charge >= 0.3 is 0 Å². The summed E-state index contributed by atoms with van der Waals surface area (Å²) in [7, 11) is 0. The third-order valence-corrected chi connectivity index (χ3v) is 4.39. The van der Waals surface area contributed by atoms with E-state index in [2.05, 4.69) is 21.0 Å². The lowest BCUT2D eigenvalue weighted by atomic mass is 9.87. The van der Waals surface area contributed by atoms with E-state index in [1.54, 1.807) is 18.5 Å². The third-order valence-electron chi connectivity index (χ3n) is 4.39. The summed E-state index contributed by atoms with van der Waals surface area (Å²) in [6, 6.07) is 7.62. The summed E-state index contributed by atoms with van der Waals surface area (Å²) in [5.41, 5.74) is 4.18. The van der Waals surface area contributed by atoms with Crippen LogP contribution in [0, 0.1) is 16.7 Å². The van der Waals surface area contributed by atoms with Gasteiger partial charge in [0, 0.05) is 34.3 Å². The van der Waals surface area contributed by atoms with E-state index < -0.39 is 5.41 Å². The number of rotatable bonds is 2. The number of carbonyl (C=O) groups is 1. The number of benzene rings is 1. The lowest BCUT2D eigenvalue weighted by Crippen LogP contribution is -2.20. The summed E-state index contributed by atoms with van der Waals surface area (Å²) in [5.74, 6) is 0.0147. The van der Waals surface area contributed by atoms with Crippen molar-refractivity contribution in [1.82, 2.24) is 19.9 Å². The van der Waals surface area contributed by atoms with Crippen molar-refractivity contribution in [3.63, 3.8) is 0 Å². The average Bonchev–Trinajstić information content (AvgIpc) is 3.22. The maximum absolute atomic E-state index is 12.7. The summed E-state index contributed by atoms with van der Waals surface area (Å²) in [5, 5.41) is 10.1. The van der Waals surface area contributed by atoms with Gasteiger partial charge in [0.15, 0.2) is 11.4 Å². The molecule has 0 saturated carbocycles. The Labute approximate surface area is 149 Å². The van der Waals surface area contributed by atoms with Crippen LogP contribution in [-0.4, -0.2) is 25.7 Å². The minimum absolute atomic E-state index is 0.0147. The minimum Gasteiger partial charge on any atom is -0.360 e. The number of aromatic amines is 2. The van der Waals surface area contributed by atoms with Crippen LogP contribution < -0.4 is 0 Å². The van der Waals surface area contributed by atoms with E-state index in [1.807, 2.05) is 39.1 Å². The van der Waals surface area contributed by atoms with Gasteiger partial charge in [-0.3, -0.25) is 4.79 Å². The van der Waals surface area contributed by atoms with E-state index in [1.165, 1.54) is 0 Å². The second kappa shape index (κ2) is 5.53. The van der Waals surface area contributed by atoms with Gasteiger partial charge in [0.2, 0.25) is 0 Å². The maximum Gasteiger partial charge on any atom is 0.171 e. The predicted octanol–water partition coefficient (Wildman–Crippen LogP) is 4.21. The van der Waals surface area contributed by atoms with Gasteiger partial charge in [-0.2, -0.15) is 5.26 Å². The van der Waals surface area contributed by atoms with Crippen molar-refractivity contribution in [1.29, 1.82) is 5.26 Å². The molecule has 2 N–H and O–H groups in total. The molecule has 1 aromatic carbocycles. The molecule has 0 saturated heterocycles. The number of hydrogen-bond donors (Lipinski definition) is 2. The van der Waals surface area contributed by atoms with Crippen molar-refractivity contribution in [3.8, 4) is 17.3 Å². The molecule has 0 fully saturated rings. The van der Waals surface area contributed by atoms with E-state index >= 15 is 0 Å². The van der Waals surface area contributed by atoms with Crippen LogP contribution in [0.5, 0.6) is 0 Å². The first-order valence-corrected chi connectivity index (χ1v) is 8.29. The van der Waals surface area contributed by atoms with Crippen molar-refractivity contribution >= 4 is 27.9 Å². The maximum atomic E-state index is 12.7. The number of nitrogens with one attached hydrogen (secondary N) is 2. The second-order valence-corrected chi connectivity index (χ2v) is 7.31. The number of hydrogen-bond acceptors (Lipinski definition) is 4. The zero-order valence-corrected chi connectivity index (χ0v) is 14.7. The molecule has 0 aliphatic heterocycles. The van der Waals surface area contributed by atoms with E-state index in [0.29, 0.717) is 28.0 Å². The van der Waals surface area contributed by atoms with Gasteiger partial charge in [0.05, 0.1) is 29.1 Å². The number of fused-ring (bicyclic) bond motifs is 2. The van der Waals surface area contributed by atoms with Crippen LogP contribution in [0.1, 0.15) is 36.7 Å². The van der Waals surface area contributed by atoms with Gasteiger partial charge in [0.25, 0.3) is 0 Å². The largest absolute Gasteiger partial charge is 0.360 e. The van der Waals surface area contributed by atoms with E-state index in [9.17, 15) is 4.79 Å². The molecule has 0 radical (unpaired) electrons. The Hall–Kier alpha value is -3.46. The lowest BCUT2D eigenvalue weighted by molar-refractivity contribution is 0.0860. The summed E-state index contributed by atoms with van der Waals surface area (Å²) < 4.78 is 0. The highest BCUT2D eigenvalue weighted by Gasteiger charge is 2.26. The molecule has 0 spiro atoms. The Balaban J connectivity index is 1.91. The number of carbonyl (C=O) groups excluding carboxylic acids is 1. The molecule has 0 amide bonds. The number of H-pyrrole nitrogens is 2. The van der Waals surface area contributed by atoms with Gasteiger partial charge in [0.1, 0.15) is 5.52 Å². The Bertz CT molecular complexity index is 1200. The summed E-state index contributed by atoms with van der Waals surface area (Å²) in [6.07, 6.45) is 5.19. The number of Topliss-reactive ketones (excluding diaryl/α,β-unsaturated/α-hetero) is 1. The fourth-order valence-corrected chi connectivity index (χ4v) is 3.00. The Morgan fingerprint density at radius 2 is 2.00 bits per heavy atom. The molecular weight excluding hydrogens is 326 g/mol. The highest BCUT2D eigenvalue weighted by atomic mass is 16.1. The van der Waals surface area contributed by atoms with Gasteiger partial charge in [-0.25, -0.2) is 9.97 Å². The van der Waals surface area contributed by atoms with Crippen molar-refractivity contribution in [2.45, 2.75) is 20.8 Å². The smallest absolute Gasteiger partial charge is 0.171 e. The predicted molar refractivity (Wildman–Crippen MR) is 99.7 cm³/mol. The number of nitrogens with zero attached hydrogens (tertiary/aromatic N) is 3. The van der Waals surface area contributed by atoms with Crippen LogP contribution in [0.2, 0.25) is 0 Å². The first-order chi connectivity index (χ1) is 12.4. The van der Waals surface area contributed by atoms with Gasteiger partial charge in [-0.1, -0.05) is 20.8 Å². The molecule has 3 aromatic heterocycles. The highest BCUT2D eigenvalue weighted by Crippen LogP contribution is 2.30. The van der Waals surface area contributed by atoms with Crippen LogP contribution in [0.4, 0.5) is 0 Å². The zero-order valence-electron chi connectivity index (χ0n) is 14.7. The van der Waals surface area contributed by atoms with E-state index in [0.717, 1.165) is 16.5 Å². The first kappa shape index (κ1) is 16.0. The Morgan fingerprint density at radius 1 is 1.19 bits per heavy atom. The average molecular weight is 343 g/mol. The lowest BCUT2D eigenvalue weighted by Gasteiger charge is -2.15. The van der Waals surface area contributed by atoms with Gasteiger partial charge in [-0.05, 0) is 18.2 Å². The van der Waals surface area contributed by atoms with Crippen LogP contribution in [0.3, 0.4) is 0 Å². The molecule has 0 unspecified atom stereocenters. The third kappa shape index (κ3) is 2.45. The van der Waals surface area contributed by atoms with Crippen LogP contribution in [0.25, 0.3) is 33.3 Å². The monoisotopic (exact) mass is 343 g/mol. The standard InChI is InChI=1S/C20H17N5O/c1-20(2,3)18(26)14-9-23-19-17(14)25-16(10-24-19)13-8-22-15-5-4-11(7-21)6-12(13)15/h4-6,8-10,22H,1-3H3,(H,23,24). The number of aromatic nitrogens is 4. The summed E-state index contributed by atoms with van der Waals surface area (Å²) >= 11 is 0. The SMILES string of the molecule is CC(C)(C)C(=O)c1c[nH]c2ncc(-c3c[nH]c4ccc(C#N)cc34)nc12.